The Balaban J connectivity index is 1.51. The van der Waals surface area contributed by atoms with Crippen molar-refractivity contribution in [2.75, 3.05) is 16.8 Å². The van der Waals surface area contributed by atoms with Gasteiger partial charge in [-0.2, -0.15) is 0 Å². The van der Waals surface area contributed by atoms with E-state index in [0.717, 1.165) is 21.3 Å². The molecule has 1 N–H and O–H groups in total. The van der Waals surface area contributed by atoms with Crippen molar-refractivity contribution in [1.82, 2.24) is 4.98 Å². The number of anilines is 2. The predicted octanol–water partition coefficient (Wildman–Crippen LogP) is 5.00. The minimum absolute atomic E-state index is 0.0858. The number of carbonyl (C=O) groups is 2. The first-order chi connectivity index (χ1) is 15.2. The van der Waals surface area contributed by atoms with Crippen molar-refractivity contribution < 1.29 is 9.59 Å². The maximum atomic E-state index is 13.8. The molecule has 0 bridgehead atoms. The van der Waals surface area contributed by atoms with Crippen LogP contribution in [0, 0.1) is 0 Å². The highest BCUT2D eigenvalue weighted by molar-refractivity contribution is 7.22. The molecule has 0 fully saturated rings. The summed E-state index contributed by atoms with van der Waals surface area (Å²) < 4.78 is 1.04. The molecule has 154 valence electrons. The van der Waals surface area contributed by atoms with Gasteiger partial charge < -0.3 is 5.32 Å². The molecule has 0 saturated heterocycles. The Morgan fingerprint density at radius 1 is 1.00 bits per heavy atom. The summed E-state index contributed by atoms with van der Waals surface area (Å²) in [6, 6.07) is 25.5. The molecular formula is C25H21N3O2S. The second-order valence-corrected chi connectivity index (χ2v) is 8.59. The summed E-state index contributed by atoms with van der Waals surface area (Å²) >= 11 is 1.51. The molecule has 5 nitrogen and oxygen atoms in total. The third-order valence-corrected chi connectivity index (χ3v) is 6.60. The fraction of sp³-hybridized carbons (Fsp3) is 0.160. The van der Waals surface area contributed by atoms with Crippen LogP contribution < -0.4 is 10.2 Å². The molecule has 5 rings (SSSR count). The zero-order valence-electron chi connectivity index (χ0n) is 16.8. The average molecular weight is 428 g/mol. The van der Waals surface area contributed by atoms with Crippen molar-refractivity contribution in [3.05, 3.63) is 90.0 Å². The van der Waals surface area contributed by atoms with Crippen LogP contribution in [-0.4, -0.2) is 23.3 Å². The minimum Gasteiger partial charge on any atom is -0.326 e. The number of thiazole rings is 1. The Morgan fingerprint density at radius 3 is 2.58 bits per heavy atom. The van der Waals surface area contributed by atoms with Crippen LogP contribution in [0.4, 0.5) is 10.8 Å². The van der Waals surface area contributed by atoms with Gasteiger partial charge >= 0.3 is 0 Å². The number of amides is 2. The third kappa shape index (κ3) is 3.94. The summed E-state index contributed by atoms with van der Waals surface area (Å²) in [6.07, 6.45) is 0.853. The largest absolute Gasteiger partial charge is 0.326 e. The van der Waals surface area contributed by atoms with E-state index in [1.165, 1.54) is 11.3 Å². The number of hydrogen-bond donors (Lipinski definition) is 1. The Morgan fingerprint density at radius 2 is 1.74 bits per heavy atom. The zero-order chi connectivity index (χ0) is 21.2. The number of fused-ring (bicyclic) bond motifs is 2. The molecular weight excluding hydrogens is 406 g/mol. The van der Waals surface area contributed by atoms with Gasteiger partial charge in [0.25, 0.3) is 0 Å². The zero-order valence-corrected chi connectivity index (χ0v) is 17.6. The highest BCUT2D eigenvalue weighted by atomic mass is 32.1. The second-order valence-electron chi connectivity index (χ2n) is 7.58. The molecule has 1 unspecified atom stereocenters. The summed E-state index contributed by atoms with van der Waals surface area (Å²) in [5, 5.41) is 3.55. The van der Waals surface area contributed by atoms with Gasteiger partial charge in [0.05, 0.1) is 16.1 Å². The lowest BCUT2D eigenvalue weighted by Gasteiger charge is -2.29. The Hall–Kier alpha value is -3.51. The van der Waals surface area contributed by atoms with Gasteiger partial charge in [0.1, 0.15) is 0 Å². The van der Waals surface area contributed by atoms with Crippen LogP contribution in [0.1, 0.15) is 23.5 Å². The van der Waals surface area contributed by atoms with E-state index in [9.17, 15) is 9.59 Å². The summed E-state index contributed by atoms with van der Waals surface area (Å²) in [7, 11) is 0. The number of carbonyl (C=O) groups excluding carboxylic acids is 2. The van der Waals surface area contributed by atoms with Crippen LogP contribution in [-0.2, 0) is 16.0 Å². The average Bonchev–Trinajstić information content (AvgIpc) is 3.23. The van der Waals surface area contributed by atoms with Crippen molar-refractivity contribution in [3.63, 3.8) is 0 Å². The van der Waals surface area contributed by atoms with E-state index in [2.05, 4.69) is 17.4 Å². The first kappa shape index (κ1) is 19.5. The molecule has 2 heterocycles. The third-order valence-electron chi connectivity index (χ3n) is 5.54. The van der Waals surface area contributed by atoms with Crippen LogP contribution in [0.25, 0.3) is 10.2 Å². The van der Waals surface area contributed by atoms with Gasteiger partial charge in [0.15, 0.2) is 5.13 Å². The molecule has 1 aliphatic heterocycles. The Bertz CT molecular complexity index is 1220. The van der Waals surface area contributed by atoms with Crippen molar-refractivity contribution in [1.29, 1.82) is 0 Å². The number of hydrogen-bond acceptors (Lipinski definition) is 4. The molecule has 1 atom stereocenters. The molecule has 1 aliphatic rings. The predicted molar refractivity (Wildman–Crippen MR) is 125 cm³/mol. The normalized spacial score (nSPS) is 15.4. The van der Waals surface area contributed by atoms with Crippen LogP contribution in [0.15, 0.2) is 78.9 Å². The molecule has 1 aromatic heterocycles. The highest BCUT2D eigenvalue weighted by Gasteiger charge is 2.34. The van der Waals surface area contributed by atoms with Gasteiger partial charge in [-0.1, -0.05) is 72.0 Å². The molecule has 0 saturated carbocycles. The van der Waals surface area contributed by atoms with Crippen LogP contribution in [0.2, 0.25) is 0 Å². The summed E-state index contributed by atoms with van der Waals surface area (Å²) in [5.74, 6) is -0.741. The molecule has 0 aliphatic carbocycles. The first-order valence-electron chi connectivity index (χ1n) is 10.3. The van der Waals surface area contributed by atoms with Crippen LogP contribution >= 0.6 is 11.3 Å². The van der Waals surface area contributed by atoms with Crippen LogP contribution in [0.5, 0.6) is 0 Å². The molecule has 6 heteroatoms. The maximum absolute atomic E-state index is 13.8. The molecule has 2 amide bonds. The topological polar surface area (TPSA) is 62.3 Å². The second kappa shape index (κ2) is 8.32. The Kier molecular flexibility index (Phi) is 5.22. The number of rotatable bonds is 5. The van der Waals surface area contributed by atoms with Gasteiger partial charge in [-0.05, 0) is 35.7 Å². The Labute approximate surface area is 184 Å². The molecule has 4 aromatic rings. The van der Waals surface area contributed by atoms with Gasteiger partial charge in [-0.25, -0.2) is 4.98 Å². The quantitative estimate of drug-likeness (QED) is 0.488. The van der Waals surface area contributed by atoms with E-state index in [4.69, 9.17) is 4.98 Å². The van der Waals surface area contributed by atoms with Crippen molar-refractivity contribution in [2.24, 2.45) is 0 Å². The van der Waals surface area contributed by atoms with Gasteiger partial charge in [0.2, 0.25) is 11.8 Å². The standard InChI is InChI=1S/C25H21N3O2S/c29-23-16-19(18-10-4-5-11-20(18)26-23)24(30)28(15-14-17-8-2-1-3-9-17)25-27-21-12-6-7-13-22(21)31-25/h1-13,19H,14-16H2,(H,26,29). The van der Waals surface area contributed by atoms with E-state index in [0.29, 0.717) is 23.8 Å². The number of nitrogens with one attached hydrogen (secondary N) is 1. The minimum atomic E-state index is -0.521. The summed E-state index contributed by atoms with van der Waals surface area (Å²) in [6.45, 7) is 0.503. The molecule has 31 heavy (non-hydrogen) atoms. The SMILES string of the molecule is O=C1CC(C(=O)N(CCc2ccccc2)c2nc3ccccc3s2)c2ccccc2N1. The smallest absolute Gasteiger partial charge is 0.236 e. The molecule has 0 radical (unpaired) electrons. The van der Waals surface area contributed by atoms with Crippen molar-refractivity contribution in [3.8, 4) is 0 Å². The van der Waals surface area contributed by atoms with Gasteiger partial charge in [0, 0.05) is 18.7 Å². The number of benzene rings is 3. The van der Waals surface area contributed by atoms with E-state index in [1.54, 1.807) is 4.90 Å². The monoisotopic (exact) mass is 427 g/mol. The van der Waals surface area contributed by atoms with Gasteiger partial charge in [-0.3, -0.25) is 14.5 Å². The van der Waals surface area contributed by atoms with E-state index < -0.39 is 5.92 Å². The number of nitrogens with zero attached hydrogens (tertiary/aromatic N) is 2. The number of aromatic nitrogens is 1. The van der Waals surface area contributed by atoms with Crippen molar-refractivity contribution >= 4 is 44.2 Å². The fourth-order valence-electron chi connectivity index (χ4n) is 3.98. The highest BCUT2D eigenvalue weighted by Crippen LogP contribution is 2.36. The van der Waals surface area contributed by atoms with Crippen LogP contribution in [0.3, 0.4) is 0 Å². The molecule has 3 aromatic carbocycles. The first-order valence-corrected chi connectivity index (χ1v) is 11.1. The summed E-state index contributed by atoms with van der Waals surface area (Å²) in [4.78, 5) is 32.6. The maximum Gasteiger partial charge on any atom is 0.236 e. The number of para-hydroxylation sites is 2. The van der Waals surface area contributed by atoms with Gasteiger partial charge in [-0.15, -0.1) is 0 Å². The summed E-state index contributed by atoms with van der Waals surface area (Å²) in [5.41, 5.74) is 3.60. The lowest BCUT2D eigenvalue weighted by Crippen LogP contribution is -2.39. The van der Waals surface area contributed by atoms with E-state index >= 15 is 0 Å². The lowest BCUT2D eigenvalue weighted by molar-refractivity contribution is -0.124. The van der Waals surface area contributed by atoms with E-state index in [1.807, 2.05) is 66.7 Å². The fourth-order valence-corrected chi connectivity index (χ4v) is 4.98. The lowest BCUT2D eigenvalue weighted by atomic mass is 9.89. The van der Waals surface area contributed by atoms with Crippen molar-refractivity contribution in [2.45, 2.75) is 18.8 Å². The molecule has 0 spiro atoms. The van der Waals surface area contributed by atoms with E-state index in [-0.39, 0.29) is 18.2 Å².